The molecule has 0 radical (unpaired) electrons. The topological polar surface area (TPSA) is 51.2 Å². The van der Waals surface area contributed by atoms with E-state index in [1.165, 1.54) is 0 Å². The zero-order valence-electron chi connectivity index (χ0n) is 11.0. The highest BCUT2D eigenvalue weighted by Gasteiger charge is 2.44. The minimum atomic E-state index is -0.569. The first-order valence-corrected chi connectivity index (χ1v) is 6.92. The Balaban J connectivity index is 1.57. The lowest BCUT2D eigenvalue weighted by atomic mass is 9.79. The van der Waals surface area contributed by atoms with Crippen molar-refractivity contribution in [1.29, 1.82) is 0 Å². The van der Waals surface area contributed by atoms with E-state index >= 15 is 0 Å². The van der Waals surface area contributed by atoms with Crippen LogP contribution >= 0.6 is 0 Å². The maximum Gasteiger partial charge on any atom is 0.157 e. The lowest BCUT2D eigenvalue weighted by molar-refractivity contribution is -0.144. The molecule has 3 saturated heterocycles. The van der Waals surface area contributed by atoms with E-state index in [0.717, 1.165) is 38.9 Å². The van der Waals surface area contributed by atoms with E-state index in [1.807, 2.05) is 0 Å². The van der Waals surface area contributed by atoms with Crippen molar-refractivity contribution >= 4 is 0 Å². The van der Waals surface area contributed by atoms with Gasteiger partial charge < -0.3 is 19.3 Å². The first-order chi connectivity index (χ1) is 8.66. The van der Waals surface area contributed by atoms with E-state index in [0.29, 0.717) is 25.3 Å². The molecule has 0 aromatic rings. The minimum Gasteiger partial charge on any atom is -0.390 e. The van der Waals surface area contributed by atoms with Crippen LogP contribution in [-0.4, -0.2) is 67.5 Å². The fourth-order valence-corrected chi connectivity index (χ4v) is 3.40. The Morgan fingerprint density at radius 2 is 1.78 bits per heavy atom. The van der Waals surface area contributed by atoms with E-state index in [1.54, 1.807) is 0 Å². The maximum absolute atomic E-state index is 10.8. The summed E-state index contributed by atoms with van der Waals surface area (Å²) in [4.78, 5) is 2.36. The smallest absolute Gasteiger partial charge is 0.157 e. The van der Waals surface area contributed by atoms with Gasteiger partial charge in [0.25, 0.3) is 0 Å². The van der Waals surface area contributed by atoms with Crippen molar-refractivity contribution in [3.8, 4) is 0 Å². The van der Waals surface area contributed by atoms with Crippen LogP contribution in [0, 0.1) is 0 Å². The Labute approximate surface area is 108 Å². The molecule has 0 aliphatic carbocycles. The second kappa shape index (κ2) is 5.06. The van der Waals surface area contributed by atoms with Crippen LogP contribution in [0.2, 0.25) is 0 Å². The molecule has 3 rings (SSSR count). The van der Waals surface area contributed by atoms with Crippen molar-refractivity contribution in [1.82, 2.24) is 4.90 Å². The zero-order valence-corrected chi connectivity index (χ0v) is 11.0. The number of likely N-dealkylation sites (N-methyl/N-ethyl adjacent to an activating group) is 1. The summed E-state index contributed by atoms with van der Waals surface area (Å²) in [6, 6.07) is 0.709. The van der Waals surface area contributed by atoms with Gasteiger partial charge in [0.2, 0.25) is 0 Å². The fraction of sp³-hybridized carbons (Fsp3) is 1.00. The van der Waals surface area contributed by atoms with Crippen LogP contribution in [0.4, 0.5) is 0 Å². The monoisotopic (exact) mass is 257 g/mol. The van der Waals surface area contributed by atoms with Crippen LogP contribution in [0.25, 0.3) is 0 Å². The highest BCUT2D eigenvalue weighted by Crippen LogP contribution is 2.36. The summed E-state index contributed by atoms with van der Waals surface area (Å²) in [5.74, 6) is 0. The fourth-order valence-electron chi connectivity index (χ4n) is 3.40. The van der Waals surface area contributed by atoms with E-state index in [4.69, 9.17) is 14.2 Å². The number of hydrogen-bond donors (Lipinski definition) is 1. The molecule has 5 heteroatoms. The Bertz CT molecular complexity index is 279. The average Bonchev–Trinajstić information content (AvgIpc) is 2.82. The molecule has 3 heterocycles. The number of morpholine rings is 1. The van der Waals surface area contributed by atoms with Gasteiger partial charge >= 0.3 is 0 Å². The summed E-state index contributed by atoms with van der Waals surface area (Å²) >= 11 is 0. The van der Waals surface area contributed by atoms with Gasteiger partial charge in [-0.2, -0.15) is 0 Å². The van der Waals surface area contributed by atoms with Crippen molar-refractivity contribution in [3.63, 3.8) is 0 Å². The molecule has 104 valence electrons. The van der Waals surface area contributed by atoms with Crippen molar-refractivity contribution in [2.24, 2.45) is 0 Å². The highest BCUT2D eigenvalue weighted by atomic mass is 16.7. The predicted molar refractivity (Wildman–Crippen MR) is 65.3 cm³/mol. The number of rotatable bonds is 3. The number of ether oxygens (including phenoxy) is 3. The van der Waals surface area contributed by atoms with Gasteiger partial charge in [0.15, 0.2) is 6.29 Å². The first-order valence-electron chi connectivity index (χ1n) is 6.92. The van der Waals surface area contributed by atoms with Crippen LogP contribution in [0.3, 0.4) is 0 Å². The number of aliphatic hydroxyl groups is 1. The molecule has 5 nitrogen and oxygen atoms in total. The van der Waals surface area contributed by atoms with Crippen molar-refractivity contribution in [3.05, 3.63) is 0 Å². The molecule has 3 aliphatic heterocycles. The lowest BCUT2D eigenvalue weighted by Crippen LogP contribution is -2.60. The van der Waals surface area contributed by atoms with E-state index in [2.05, 4.69) is 11.9 Å². The van der Waals surface area contributed by atoms with Crippen LogP contribution < -0.4 is 0 Å². The lowest BCUT2D eigenvalue weighted by Gasteiger charge is -2.50. The molecular weight excluding hydrogens is 234 g/mol. The molecule has 2 bridgehead atoms. The Hall–Kier alpha value is -0.200. The largest absolute Gasteiger partial charge is 0.390 e. The summed E-state index contributed by atoms with van der Waals surface area (Å²) in [5.41, 5.74) is -0.569. The summed E-state index contributed by atoms with van der Waals surface area (Å²) in [7, 11) is 2.14. The summed E-state index contributed by atoms with van der Waals surface area (Å²) in [5, 5.41) is 10.8. The normalized spacial score (nSPS) is 42.3. The van der Waals surface area contributed by atoms with Crippen molar-refractivity contribution in [2.75, 3.05) is 33.5 Å². The Morgan fingerprint density at radius 3 is 2.39 bits per heavy atom. The number of piperidine rings is 1. The van der Waals surface area contributed by atoms with Crippen LogP contribution in [0.1, 0.15) is 25.7 Å². The highest BCUT2D eigenvalue weighted by molar-refractivity contribution is 4.98. The number of nitrogens with zero attached hydrogens (tertiary/aromatic N) is 1. The first kappa shape index (κ1) is 12.8. The van der Waals surface area contributed by atoms with Gasteiger partial charge in [-0.25, -0.2) is 0 Å². The average molecular weight is 257 g/mol. The molecule has 0 aromatic heterocycles. The molecule has 2 atom stereocenters. The van der Waals surface area contributed by atoms with Gasteiger partial charge in [0.05, 0.1) is 32.0 Å². The van der Waals surface area contributed by atoms with Gasteiger partial charge in [-0.15, -0.1) is 0 Å². The SMILES string of the molecule is CN1C2COCC1CC(O)(CCC1OCCO1)C2. The van der Waals surface area contributed by atoms with Gasteiger partial charge in [-0.05, 0) is 26.3 Å². The third-order valence-corrected chi connectivity index (χ3v) is 4.54. The van der Waals surface area contributed by atoms with Gasteiger partial charge in [0, 0.05) is 18.5 Å². The molecule has 1 N–H and O–H groups in total. The van der Waals surface area contributed by atoms with Gasteiger partial charge in [-0.3, -0.25) is 4.90 Å². The Morgan fingerprint density at radius 1 is 1.17 bits per heavy atom. The third-order valence-electron chi connectivity index (χ3n) is 4.54. The summed E-state index contributed by atoms with van der Waals surface area (Å²) in [6.45, 7) is 2.85. The zero-order chi connectivity index (χ0) is 12.6. The Kier molecular flexibility index (Phi) is 3.60. The molecule has 2 unspecified atom stereocenters. The second-order valence-electron chi connectivity index (χ2n) is 5.85. The molecule has 0 aromatic carbocycles. The quantitative estimate of drug-likeness (QED) is 0.791. The van der Waals surface area contributed by atoms with E-state index in [9.17, 15) is 5.11 Å². The molecule has 3 aliphatic rings. The number of fused-ring (bicyclic) bond motifs is 2. The van der Waals surface area contributed by atoms with Crippen LogP contribution in [0.15, 0.2) is 0 Å². The van der Waals surface area contributed by atoms with Crippen molar-refractivity contribution in [2.45, 2.75) is 49.7 Å². The van der Waals surface area contributed by atoms with Crippen molar-refractivity contribution < 1.29 is 19.3 Å². The van der Waals surface area contributed by atoms with Gasteiger partial charge in [-0.1, -0.05) is 0 Å². The molecule has 18 heavy (non-hydrogen) atoms. The summed E-state index contributed by atoms with van der Waals surface area (Å²) < 4.78 is 16.4. The van der Waals surface area contributed by atoms with Gasteiger partial charge in [0.1, 0.15) is 0 Å². The molecule has 3 fully saturated rings. The minimum absolute atomic E-state index is 0.107. The predicted octanol–water partition coefficient (Wildman–Crippen LogP) is 0.364. The maximum atomic E-state index is 10.8. The molecule has 0 spiro atoms. The molecule has 0 saturated carbocycles. The third kappa shape index (κ3) is 2.56. The molecule has 0 amide bonds. The molecular formula is C13H23NO4. The second-order valence-corrected chi connectivity index (χ2v) is 5.85. The van der Waals surface area contributed by atoms with E-state index < -0.39 is 5.60 Å². The van der Waals surface area contributed by atoms with E-state index in [-0.39, 0.29) is 6.29 Å². The summed E-state index contributed by atoms with van der Waals surface area (Å²) in [6.07, 6.45) is 3.04. The standard InChI is InChI=1S/C13H23NO4/c1-14-10-6-13(15,7-11(14)9-16-8-10)3-2-12-17-4-5-18-12/h10-12,15H,2-9H2,1H3. The van der Waals surface area contributed by atoms with Crippen LogP contribution in [0.5, 0.6) is 0 Å². The van der Waals surface area contributed by atoms with Crippen LogP contribution in [-0.2, 0) is 14.2 Å². The number of hydrogen-bond acceptors (Lipinski definition) is 5.